The van der Waals surface area contributed by atoms with Crippen molar-refractivity contribution >= 4 is 46.7 Å². The predicted octanol–water partition coefficient (Wildman–Crippen LogP) is 6.30. The molecule has 1 aromatic heterocycles. The summed E-state index contributed by atoms with van der Waals surface area (Å²) >= 11 is 14.1. The molecule has 2 heterocycles. The number of halogens is 2. The first-order valence-electron chi connectivity index (χ1n) is 10.8. The number of nitrogens with one attached hydrogen (secondary N) is 1. The maximum absolute atomic E-state index is 12.9. The first-order chi connectivity index (χ1) is 16.0. The fourth-order valence-corrected chi connectivity index (χ4v) is 5.27. The van der Waals surface area contributed by atoms with Gasteiger partial charge >= 0.3 is 0 Å². The van der Waals surface area contributed by atoms with Crippen molar-refractivity contribution in [2.75, 3.05) is 11.1 Å². The van der Waals surface area contributed by atoms with E-state index in [1.54, 1.807) is 30.0 Å². The molecule has 0 fully saturated rings. The van der Waals surface area contributed by atoms with Gasteiger partial charge in [-0.05, 0) is 48.4 Å². The van der Waals surface area contributed by atoms with Crippen LogP contribution in [0.2, 0.25) is 10.0 Å². The van der Waals surface area contributed by atoms with Crippen LogP contribution in [0, 0.1) is 0 Å². The zero-order valence-electron chi connectivity index (χ0n) is 18.0. The molecule has 0 spiro atoms. The molecule has 0 saturated carbocycles. The second-order valence-corrected chi connectivity index (χ2v) is 9.90. The molecule has 0 amide bonds. The number of allylic oxidation sites excluding steroid dienone is 2. The van der Waals surface area contributed by atoms with Crippen molar-refractivity contribution in [1.29, 1.82) is 0 Å². The van der Waals surface area contributed by atoms with Gasteiger partial charge in [0.2, 0.25) is 11.1 Å². The Kier molecular flexibility index (Phi) is 6.36. The Hall–Kier alpha value is -2.48. The quantitative estimate of drug-likeness (QED) is 0.400. The second kappa shape index (κ2) is 9.41. The molecular weight excluding hydrogens is 479 g/mol. The van der Waals surface area contributed by atoms with Crippen molar-refractivity contribution in [3.63, 3.8) is 0 Å². The van der Waals surface area contributed by atoms with Gasteiger partial charge < -0.3 is 10.1 Å². The number of hydrogen-bond acceptors (Lipinski definition) is 6. The molecule has 5 rings (SSSR count). The van der Waals surface area contributed by atoms with E-state index in [0.29, 0.717) is 33.3 Å². The SMILES string of the molecule is CCSc1nc2n(n1)C(c1ccc(OCc3c(Cl)cccc3Cl)cc1)C1=C(CCCC1=O)N2. The number of thioether (sulfide) groups is 1. The van der Waals surface area contributed by atoms with E-state index in [0.717, 1.165) is 41.0 Å². The molecule has 1 unspecified atom stereocenters. The zero-order valence-corrected chi connectivity index (χ0v) is 20.3. The summed E-state index contributed by atoms with van der Waals surface area (Å²) in [6.45, 7) is 2.33. The molecule has 33 heavy (non-hydrogen) atoms. The zero-order chi connectivity index (χ0) is 22.9. The van der Waals surface area contributed by atoms with Crippen LogP contribution in [0.15, 0.2) is 58.9 Å². The lowest BCUT2D eigenvalue weighted by Gasteiger charge is -2.32. The molecule has 1 aliphatic heterocycles. The summed E-state index contributed by atoms with van der Waals surface area (Å²) in [4.78, 5) is 17.6. The number of carbonyl (C=O) groups excluding carboxylic acids is 1. The molecule has 2 aromatic carbocycles. The predicted molar refractivity (Wildman–Crippen MR) is 131 cm³/mol. The van der Waals surface area contributed by atoms with Gasteiger partial charge in [0.1, 0.15) is 18.4 Å². The van der Waals surface area contributed by atoms with Crippen molar-refractivity contribution in [1.82, 2.24) is 14.8 Å². The van der Waals surface area contributed by atoms with Gasteiger partial charge in [0.25, 0.3) is 0 Å². The van der Waals surface area contributed by atoms with E-state index in [4.69, 9.17) is 33.0 Å². The van der Waals surface area contributed by atoms with Crippen LogP contribution in [0.25, 0.3) is 0 Å². The Morgan fingerprint density at radius 3 is 2.64 bits per heavy atom. The Balaban J connectivity index is 1.44. The first kappa shape index (κ1) is 22.3. The van der Waals surface area contributed by atoms with Crippen molar-refractivity contribution in [3.05, 3.63) is 74.9 Å². The van der Waals surface area contributed by atoms with Crippen LogP contribution in [-0.4, -0.2) is 26.3 Å². The van der Waals surface area contributed by atoms with Gasteiger partial charge in [-0.2, -0.15) is 4.98 Å². The van der Waals surface area contributed by atoms with Crippen LogP contribution in [0.1, 0.15) is 43.4 Å². The minimum atomic E-state index is -0.310. The van der Waals surface area contributed by atoms with Crippen LogP contribution in [0.3, 0.4) is 0 Å². The summed E-state index contributed by atoms with van der Waals surface area (Å²) in [5.41, 5.74) is 3.45. The monoisotopic (exact) mass is 500 g/mol. The maximum atomic E-state index is 12.9. The molecule has 2 aliphatic rings. The second-order valence-electron chi connectivity index (χ2n) is 7.85. The number of ketones is 1. The number of nitrogens with zero attached hydrogens (tertiary/aromatic N) is 3. The third-order valence-corrected chi connectivity index (χ3v) is 7.19. The number of hydrogen-bond donors (Lipinski definition) is 1. The van der Waals surface area contributed by atoms with E-state index >= 15 is 0 Å². The number of benzene rings is 2. The van der Waals surface area contributed by atoms with Crippen molar-refractivity contribution < 1.29 is 9.53 Å². The van der Waals surface area contributed by atoms with Gasteiger partial charge in [-0.1, -0.05) is 60.1 Å². The molecule has 1 N–H and O–H groups in total. The number of carbonyl (C=O) groups is 1. The maximum Gasteiger partial charge on any atom is 0.227 e. The minimum Gasteiger partial charge on any atom is -0.489 e. The van der Waals surface area contributed by atoms with E-state index in [1.807, 2.05) is 28.9 Å². The lowest BCUT2D eigenvalue weighted by Crippen LogP contribution is -2.31. The Morgan fingerprint density at radius 2 is 1.91 bits per heavy atom. The van der Waals surface area contributed by atoms with Crippen LogP contribution < -0.4 is 10.1 Å². The fraction of sp³-hybridized carbons (Fsp3) is 0.292. The topological polar surface area (TPSA) is 69.0 Å². The van der Waals surface area contributed by atoms with Crippen LogP contribution in [0.5, 0.6) is 5.75 Å². The Bertz CT molecular complexity index is 1220. The average molecular weight is 501 g/mol. The summed E-state index contributed by atoms with van der Waals surface area (Å²) in [6.07, 6.45) is 2.23. The molecule has 1 atom stereocenters. The Labute approximate surface area is 206 Å². The molecule has 0 saturated heterocycles. The molecule has 3 aromatic rings. The van der Waals surface area contributed by atoms with Gasteiger partial charge in [0.05, 0.1) is 0 Å². The lowest BCUT2D eigenvalue weighted by molar-refractivity contribution is -0.116. The highest BCUT2D eigenvalue weighted by Crippen LogP contribution is 2.41. The molecule has 1 aliphatic carbocycles. The first-order valence-corrected chi connectivity index (χ1v) is 12.6. The van der Waals surface area contributed by atoms with E-state index in [9.17, 15) is 4.79 Å². The van der Waals surface area contributed by atoms with E-state index in [-0.39, 0.29) is 18.4 Å². The molecule has 0 radical (unpaired) electrons. The highest BCUT2D eigenvalue weighted by atomic mass is 35.5. The highest BCUT2D eigenvalue weighted by molar-refractivity contribution is 7.99. The lowest BCUT2D eigenvalue weighted by atomic mass is 9.85. The normalized spacial score (nSPS) is 17.4. The average Bonchev–Trinajstić information content (AvgIpc) is 3.20. The van der Waals surface area contributed by atoms with Crippen molar-refractivity contribution in [3.8, 4) is 5.75 Å². The van der Waals surface area contributed by atoms with Gasteiger partial charge in [0.15, 0.2) is 5.78 Å². The van der Waals surface area contributed by atoms with E-state index in [1.165, 1.54) is 0 Å². The van der Waals surface area contributed by atoms with E-state index in [2.05, 4.69) is 17.2 Å². The number of aromatic nitrogens is 3. The van der Waals surface area contributed by atoms with Gasteiger partial charge in [-0.15, -0.1) is 5.10 Å². The number of Topliss-reactive ketones (excluding diaryl/α,β-unsaturated/α-hetero) is 1. The van der Waals surface area contributed by atoms with Crippen molar-refractivity contribution in [2.45, 2.75) is 44.0 Å². The van der Waals surface area contributed by atoms with Gasteiger partial charge in [0, 0.05) is 33.3 Å². The molecule has 170 valence electrons. The minimum absolute atomic E-state index is 0.160. The standard InChI is InChI=1S/C24H22Cl2N4O2S/c1-2-33-24-28-23-27-19-7-4-8-20(31)21(19)22(30(23)29-24)14-9-11-15(12-10-14)32-13-16-17(25)5-3-6-18(16)26/h3,5-6,9-12,22H,2,4,7-8,13H2,1H3,(H,27,28,29). The highest BCUT2D eigenvalue weighted by Gasteiger charge is 2.36. The summed E-state index contributed by atoms with van der Waals surface area (Å²) in [5, 5.41) is 9.90. The Morgan fingerprint density at radius 1 is 1.15 bits per heavy atom. The van der Waals surface area contributed by atoms with Gasteiger partial charge in [-0.25, -0.2) is 4.68 Å². The third kappa shape index (κ3) is 4.37. The number of rotatable bonds is 6. The largest absolute Gasteiger partial charge is 0.489 e. The van der Waals surface area contributed by atoms with Crippen LogP contribution in [0.4, 0.5) is 5.95 Å². The molecule has 9 heteroatoms. The molecule has 6 nitrogen and oxygen atoms in total. The number of ether oxygens (including phenoxy) is 1. The van der Waals surface area contributed by atoms with Gasteiger partial charge in [-0.3, -0.25) is 4.79 Å². The van der Waals surface area contributed by atoms with Crippen LogP contribution in [-0.2, 0) is 11.4 Å². The summed E-state index contributed by atoms with van der Waals surface area (Å²) in [7, 11) is 0. The number of fused-ring (bicyclic) bond motifs is 1. The number of anilines is 1. The molecular formula is C24H22Cl2N4O2S. The third-order valence-electron chi connectivity index (χ3n) is 5.76. The summed E-state index contributed by atoms with van der Waals surface area (Å²) in [6, 6.07) is 12.8. The smallest absolute Gasteiger partial charge is 0.227 e. The van der Waals surface area contributed by atoms with E-state index < -0.39 is 0 Å². The fourth-order valence-electron chi connectivity index (χ4n) is 4.21. The van der Waals surface area contributed by atoms with Crippen molar-refractivity contribution in [2.24, 2.45) is 0 Å². The summed E-state index contributed by atoms with van der Waals surface area (Å²) in [5.74, 6) is 2.40. The molecule has 0 bridgehead atoms. The summed E-state index contributed by atoms with van der Waals surface area (Å²) < 4.78 is 7.76. The van der Waals surface area contributed by atoms with Crippen LogP contribution >= 0.6 is 35.0 Å².